The molecule has 2 N–H and O–H groups in total. The van der Waals surface area contributed by atoms with E-state index in [1.807, 2.05) is 19.2 Å². The van der Waals surface area contributed by atoms with Crippen LogP contribution in [0.15, 0.2) is 27.1 Å². The Balaban J connectivity index is 2.13. The molecule has 7 heteroatoms. The van der Waals surface area contributed by atoms with E-state index in [-0.39, 0.29) is 0 Å². The molecule has 1 aromatic carbocycles. The van der Waals surface area contributed by atoms with Crippen molar-refractivity contribution in [3.63, 3.8) is 0 Å². The van der Waals surface area contributed by atoms with Crippen molar-refractivity contribution in [2.45, 2.75) is 6.54 Å². The Morgan fingerprint density at radius 3 is 2.94 bits per heavy atom. The number of halogens is 2. The molecule has 0 fully saturated rings. The summed E-state index contributed by atoms with van der Waals surface area (Å²) in [5.74, 6) is 0.517. The molecule has 0 spiro atoms. The second-order valence-corrected chi connectivity index (χ2v) is 4.60. The standard InChI is InChI=1S/C10H10BrClN4O/c1-13-5-9-15-16-10(17-9)14-8-3-2-6(11)4-7(8)12/h2-4,13H,5H2,1H3,(H,14,16). The highest BCUT2D eigenvalue weighted by atomic mass is 79.9. The summed E-state index contributed by atoms with van der Waals surface area (Å²) in [7, 11) is 1.81. The average molecular weight is 318 g/mol. The molecule has 0 saturated heterocycles. The van der Waals surface area contributed by atoms with Crippen molar-refractivity contribution in [1.29, 1.82) is 0 Å². The van der Waals surface area contributed by atoms with Crippen molar-refractivity contribution in [3.8, 4) is 0 Å². The van der Waals surface area contributed by atoms with Crippen molar-refractivity contribution in [3.05, 3.63) is 33.6 Å². The number of aromatic nitrogens is 2. The van der Waals surface area contributed by atoms with Crippen LogP contribution in [0.25, 0.3) is 0 Å². The molecule has 0 aliphatic carbocycles. The monoisotopic (exact) mass is 316 g/mol. The van der Waals surface area contributed by atoms with Crippen LogP contribution in [0.1, 0.15) is 5.89 Å². The van der Waals surface area contributed by atoms with E-state index >= 15 is 0 Å². The Bertz CT molecular complexity index is 517. The third kappa shape index (κ3) is 3.18. The van der Waals surface area contributed by atoms with Crippen LogP contribution in [0.4, 0.5) is 11.7 Å². The van der Waals surface area contributed by atoms with Crippen LogP contribution in [0.3, 0.4) is 0 Å². The van der Waals surface area contributed by atoms with Crippen molar-refractivity contribution in [2.75, 3.05) is 12.4 Å². The summed E-state index contributed by atoms with van der Waals surface area (Å²) in [6.07, 6.45) is 0. The second kappa shape index (κ2) is 5.48. The van der Waals surface area contributed by atoms with Crippen LogP contribution in [0.5, 0.6) is 0 Å². The van der Waals surface area contributed by atoms with Gasteiger partial charge in [-0.05, 0) is 25.2 Å². The Labute approximate surface area is 112 Å². The number of benzene rings is 1. The number of rotatable bonds is 4. The number of hydrogen-bond donors (Lipinski definition) is 2. The quantitative estimate of drug-likeness (QED) is 0.908. The zero-order valence-corrected chi connectivity index (χ0v) is 11.3. The van der Waals surface area contributed by atoms with Crippen molar-refractivity contribution < 1.29 is 4.42 Å². The average Bonchev–Trinajstić information content (AvgIpc) is 2.71. The van der Waals surface area contributed by atoms with Crippen LogP contribution in [0, 0.1) is 0 Å². The lowest BCUT2D eigenvalue weighted by Crippen LogP contribution is -2.04. The Morgan fingerprint density at radius 1 is 1.41 bits per heavy atom. The lowest BCUT2D eigenvalue weighted by atomic mass is 10.3. The van der Waals surface area contributed by atoms with Crippen LogP contribution < -0.4 is 10.6 Å². The number of nitrogens with zero attached hydrogens (tertiary/aromatic N) is 2. The maximum atomic E-state index is 6.05. The molecule has 2 aromatic rings. The van der Waals surface area contributed by atoms with E-state index in [1.54, 1.807) is 6.07 Å². The van der Waals surface area contributed by atoms with E-state index < -0.39 is 0 Å². The van der Waals surface area contributed by atoms with Gasteiger partial charge in [-0.1, -0.05) is 32.6 Å². The fourth-order valence-corrected chi connectivity index (χ4v) is 1.95. The van der Waals surface area contributed by atoms with Crippen LogP contribution >= 0.6 is 27.5 Å². The zero-order chi connectivity index (χ0) is 12.3. The predicted octanol–water partition coefficient (Wildman–Crippen LogP) is 2.95. The number of hydrogen-bond acceptors (Lipinski definition) is 5. The fourth-order valence-electron chi connectivity index (χ4n) is 1.23. The summed E-state index contributed by atoms with van der Waals surface area (Å²) in [5.41, 5.74) is 0.717. The second-order valence-electron chi connectivity index (χ2n) is 3.28. The Morgan fingerprint density at radius 2 is 2.24 bits per heavy atom. The third-order valence-electron chi connectivity index (χ3n) is 1.97. The van der Waals surface area contributed by atoms with E-state index in [2.05, 4.69) is 36.8 Å². The molecular weight excluding hydrogens is 307 g/mol. The van der Waals surface area contributed by atoms with Gasteiger partial charge in [0, 0.05) is 4.47 Å². The summed E-state index contributed by atoms with van der Waals surface area (Å²) >= 11 is 9.39. The van der Waals surface area contributed by atoms with Gasteiger partial charge in [0.2, 0.25) is 5.89 Å². The minimum absolute atomic E-state index is 0.319. The van der Waals surface area contributed by atoms with Crippen molar-refractivity contribution >= 4 is 39.2 Å². The largest absolute Gasteiger partial charge is 0.406 e. The minimum atomic E-state index is 0.319. The lowest BCUT2D eigenvalue weighted by molar-refractivity contribution is 0.493. The molecule has 0 bridgehead atoms. The summed E-state index contributed by atoms with van der Waals surface area (Å²) in [5, 5.41) is 14.2. The first-order valence-corrected chi connectivity index (χ1v) is 6.05. The topological polar surface area (TPSA) is 63.0 Å². The number of nitrogens with one attached hydrogen (secondary N) is 2. The molecular formula is C10H10BrClN4O. The van der Waals surface area contributed by atoms with E-state index in [4.69, 9.17) is 16.0 Å². The van der Waals surface area contributed by atoms with Gasteiger partial charge in [-0.3, -0.25) is 0 Å². The lowest BCUT2D eigenvalue weighted by Gasteiger charge is -2.03. The normalized spacial score (nSPS) is 10.5. The van der Waals surface area contributed by atoms with Gasteiger partial charge in [-0.2, -0.15) is 0 Å². The molecule has 5 nitrogen and oxygen atoms in total. The van der Waals surface area contributed by atoms with E-state index in [9.17, 15) is 0 Å². The van der Waals surface area contributed by atoms with Gasteiger partial charge in [-0.15, -0.1) is 5.10 Å². The third-order valence-corrected chi connectivity index (χ3v) is 2.77. The number of anilines is 2. The molecule has 0 aliphatic rings. The summed E-state index contributed by atoms with van der Waals surface area (Å²) in [6, 6.07) is 5.81. The van der Waals surface area contributed by atoms with Gasteiger partial charge >= 0.3 is 6.01 Å². The highest BCUT2D eigenvalue weighted by molar-refractivity contribution is 9.10. The highest BCUT2D eigenvalue weighted by Gasteiger charge is 2.07. The summed E-state index contributed by atoms with van der Waals surface area (Å²) in [4.78, 5) is 0. The molecule has 1 aromatic heterocycles. The zero-order valence-electron chi connectivity index (χ0n) is 9.00. The van der Waals surface area contributed by atoms with Crippen molar-refractivity contribution in [2.24, 2.45) is 0 Å². The van der Waals surface area contributed by atoms with E-state index in [0.717, 1.165) is 10.2 Å². The molecule has 0 unspecified atom stereocenters. The maximum absolute atomic E-state index is 6.05. The Kier molecular flexibility index (Phi) is 3.98. The maximum Gasteiger partial charge on any atom is 0.320 e. The van der Waals surface area contributed by atoms with Gasteiger partial charge in [0.15, 0.2) is 0 Å². The smallest absolute Gasteiger partial charge is 0.320 e. The first kappa shape index (κ1) is 12.3. The van der Waals surface area contributed by atoms with Crippen molar-refractivity contribution in [1.82, 2.24) is 15.5 Å². The van der Waals surface area contributed by atoms with Gasteiger partial charge in [-0.25, -0.2) is 0 Å². The predicted molar refractivity (Wildman–Crippen MR) is 69.5 cm³/mol. The molecule has 1 heterocycles. The van der Waals surface area contributed by atoms with Gasteiger partial charge < -0.3 is 15.1 Å². The molecule has 2 rings (SSSR count). The summed E-state index contributed by atoms with van der Waals surface area (Å²) < 4.78 is 6.26. The van der Waals surface area contributed by atoms with Gasteiger partial charge in [0.1, 0.15) is 0 Å². The molecule has 0 amide bonds. The van der Waals surface area contributed by atoms with Gasteiger partial charge in [0.25, 0.3) is 0 Å². The SMILES string of the molecule is CNCc1nnc(Nc2ccc(Br)cc2Cl)o1. The molecule has 17 heavy (non-hydrogen) atoms. The Hall–Kier alpha value is -1.11. The van der Waals surface area contributed by atoms with Crippen LogP contribution in [0.2, 0.25) is 5.02 Å². The van der Waals surface area contributed by atoms with E-state index in [0.29, 0.717) is 23.5 Å². The first-order chi connectivity index (χ1) is 8.19. The minimum Gasteiger partial charge on any atom is -0.406 e. The highest BCUT2D eigenvalue weighted by Crippen LogP contribution is 2.27. The molecule has 0 radical (unpaired) electrons. The van der Waals surface area contributed by atoms with Crippen LogP contribution in [-0.4, -0.2) is 17.2 Å². The molecule has 90 valence electrons. The molecule has 0 atom stereocenters. The molecule has 0 saturated carbocycles. The van der Waals surface area contributed by atoms with Crippen LogP contribution in [-0.2, 0) is 6.54 Å². The fraction of sp³-hybridized carbons (Fsp3) is 0.200. The first-order valence-electron chi connectivity index (χ1n) is 4.88. The summed E-state index contributed by atoms with van der Waals surface area (Å²) in [6.45, 7) is 0.531. The van der Waals surface area contributed by atoms with E-state index in [1.165, 1.54) is 0 Å². The molecule has 0 aliphatic heterocycles. The van der Waals surface area contributed by atoms with Gasteiger partial charge in [0.05, 0.1) is 17.3 Å².